The van der Waals surface area contributed by atoms with Crippen LogP contribution >= 0.6 is 11.6 Å². The molecule has 0 aliphatic rings. The normalized spacial score (nSPS) is 11.8. The Kier molecular flexibility index (Phi) is 3.56. The highest BCUT2D eigenvalue weighted by molar-refractivity contribution is 6.35. The third-order valence-corrected chi connectivity index (χ3v) is 3.12. The second kappa shape index (κ2) is 4.87. The maximum absolute atomic E-state index is 12.1. The first kappa shape index (κ1) is 13.9. The van der Waals surface area contributed by atoms with Gasteiger partial charge in [0.05, 0.1) is 5.02 Å². The van der Waals surface area contributed by atoms with Crippen LogP contribution in [0.25, 0.3) is 11.0 Å². The maximum atomic E-state index is 12.1. The number of hydrogen-bond donors (Lipinski definition) is 2. The molecule has 2 aromatic rings. The van der Waals surface area contributed by atoms with Crippen molar-refractivity contribution < 1.29 is 9.21 Å². The quantitative estimate of drug-likeness (QED) is 0.908. The lowest BCUT2D eigenvalue weighted by Gasteiger charge is -2.18. The van der Waals surface area contributed by atoms with E-state index >= 15 is 0 Å². The summed E-state index contributed by atoms with van der Waals surface area (Å²) in [7, 11) is 0. The lowest BCUT2D eigenvalue weighted by Crippen LogP contribution is -2.45. The van der Waals surface area contributed by atoms with Crippen LogP contribution in [0.4, 0.5) is 0 Å². The lowest BCUT2D eigenvalue weighted by molar-refractivity contribution is 0.0919. The number of amides is 1. The smallest absolute Gasteiger partial charge is 0.287 e. The predicted octanol–water partition coefficient (Wildman–Crippen LogP) is 2.86. The van der Waals surface area contributed by atoms with Crippen molar-refractivity contribution >= 4 is 28.5 Å². The minimum absolute atomic E-state index is 0.275. The maximum Gasteiger partial charge on any atom is 0.287 e. The average molecular weight is 281 g/mol. The summed E-state index contributed by atoms with van der Waals surface area (Å²) in [5.41, 5.74) is 6.69. The first-order valence-electron chi connectivity index (χ1n) is 6.04. The molecule has 0 atom stereocenters. The van der Waals surface area contributed by atoms with Crippen LogP contribution < -0.4 is 11.1 Å². The van der Waals surface area contributed by atoms with Crippen LogP contribution in [0.15, 0.2) is 22.6 Å². The summed E-state index contributed by atoms with van der Waals surface area (Å²) in [6.07, 6.45) is 0. The second-order valence-electron chi connectivity index (χ2n) is 5.34. The van der Waals surface area contributed by atoms with E-state index < -0.39 is 5.54 Å². The number of rotatable bonds is 3. The molecule has 0 spiro atoms. The van der Waals surface area contributed by atoms with Crippen LogP contribution in [-0.4, -0.2) is 18.0 Å². The molecule has 0 bridgehead atoms. The first-order valence-corrected chi connectivity index (χ1v) is 6.42. The minimum atomic E-state index is -0.465. The molecule has 5 heteroatoms. The monoisotopic (exact) mass is 280 g/mol. The van der Waals surface area contributed by atoms with Crippen molar-refractivity contribution in [1.82, 2.24) is 5.32 Å². The number of furan rings is 1. The molecule has 2 rings (SSSR count). The van der Waals surface area contributed by atoms with E-state index in [-0.39, 0.29) is 11.7 Å². The van der Waals surface area contributed by atoms with Gasteiger partial charge >= 0.3 is 0 Å². The summed E-state index contributed by atoms with van der Waals surface area (Å²) in [6.45, 7) is 5.89. The van der Waals surface area contributed by atoms with Crippen LogP contribution in [0.1, 0.15) is 30.0 Å². The summed E-state index contributed by atoms with van der Waals surface area (Å²) < 4.78 is 5.57. The van der Waals surface area contributed by atoms with Gasteiger partial charge in [-0.05, 0) is 26.8 Å². The van der Waals surface area contributed by atoms with E-state index in [1.54, 1.807) is 6.07 Å². The molecule has 1 aromatic heterocycles. The molecule has 0 radical (unpaired) electrons. The van der Waals surface area contributed by atoms with Crippen LogP contribution in [0.3, 0.4) is 0 Å². The number of benzene rings is 1. The van der Waals surface area contributed by atoms with E-state index in [1.165, 1.54) is 0 Å². The van der Waals surface area contributed by atoms with E-state index in [0.29, 0.717) is 17.2 Å². The summed E-state index contributed by atoms with van der Waals surface area (Å²) in [6, 6.07) is 5.44. The van der Waals surface area contributed by atoms with E-state index in [1.807, 2.05) is 32.9 Å². The van der Waals surface area contributed by atoms with Crippen LogP contribution in [0.2, 0.25) is 5.02 Å². The number of aryl methyl sites for hydroxylation is 1. The first-order chi connectivity index (χ1) is 8.79. The van der Waals surface area contributed by atoms with Gasteiger partial charge < -0.3 is 15.5 Å². The molecule has 0 saturated carbocycles. The van der Waals surface area contributed by atoms with Crippen molar-refractivity contribution in [3.63, 3.8) is 0 Å². The molecule has 19 heavy (non-hydrogen) atoms. The zero-order valence-electron chi connectivity index (χ0n) is 11.2. The number of para-hydroxylation sites is 1. The zero-order chi connectivity index (χ0) is 14.2. The molecule has 0 aliphatic carbocycles. The number of carbonyl (C=O) groups is 1. The van der Waals surface area contributed by atoms with Gasteiger partial charge in [-0.15, -0.1) is 0 Å². The molecule has 0 aliphatic heterocycles. The highest BCUT2D eigenvalue weighted by Crippen LogP contribution is 2.30. The van der Waals surface area contributed by atoms with Gasteiger partial charge in [-0.2, -0.15) is 0 Å². The Bertz CT molecular complexity index is 626. The Hall–Kier alpha value is -1.52. The van der Waals surface area contributed by atoms with Crippen molar-refractivity contribution in [2.75, 3.05) is 6.54 Å². The molecule has 4 nitrogen and oxygen atoms in total. The molecule has 3 N–H and O–H groups in total. The van der Waals surface area contributed by atoms with Gasteiger partial charge in [-0.3, -0.25) is 4.79 Å². The number of fused-ring (bicyclic) bond motifs is 1. The third kappa shape index (κ3) is 2.91. The highest BCUT2D eigenvalue weighted by Gasteiger charge is 2.20. The second-order valence-corrected chi connectivity index (χ2v) is 5.75. The number of nitrogens with two attached hydrogens (primary N) is 1. The number of halogens is 1. The molecular weight excluding hydrogens is 264 g/mol. The topological polar surface area (TPSA) is 68.3 Å². The molecule has 1 amide bonds. The summed E-state index contributed by atoms with van der Waals surface area (Å²) >= 11 is 6.05. The molecule has 0 unspecified atom stereocenters. The molecule has 0 saturated heterocycles. The highest BCUT2D eigenvalue weighted by atomic mass is 35.5. The minimum Gasteiger partial charge on any atom is -0.449 e. The zero-order valence-corrected chi connectivity index (χ0v) is 12.0. The van der Waals surface area contributed by atoms with Crippen molar-refractivity contribution in [2.24, 2.45) is 5.73 Å². The fourth-order valence-corrected chi connectivity index (χ4v) is 2.03. The Labute approximate surface area is 116 Å². The van der Waals surface area contributed by atoms with Crippen LogP contribution in [0.5, 0.6) is 0 Å². The fraction of sp³-hybridized carbons (Fsp3) is 0.357. The third-order valence-electron chi connectivity index (χ3n) is 2.83. The van der Waals surface area contributed by atoms with Crippen molar-refractivity contribution in [3.8, 4) is 0 Å². The van der Waals surface area contributed by atoms with E-state index in [9.17, 15) is 4.79 Å². The predicted molar refractivity (Wildman–Crippen MR) is 76.6 cm³/mol. The van der Waals surface area contributed by atoms with E-state index in [0.717, 1.165) is 10.9 Å². The van der Waals surface area contributed by atoms with Gasteiger partial charge in [-0.1, -0.05) is 23.7 Å². The average Bonchev–Trinajstić information content (AvgIpc) is 2.65. The molecule has 102 valence electrons. The van der Waals surface area contributed by atoms with Crippen molar-refractivity contribution in [2.45, 2.75) is 26.3 Å². The number of nitrogens with one attached hydrogen (secondary N) is 1. The summed E-state index contributed by atoms with van der Waals surface area (Å²) in [5.74, 6) is 0.00985. The Morgan fingerprint density at radius 1 is 1.47 bits per heavy atom. The van der Waals surface area contributed by atoms with Gasteiger partial charge in [-0.25, -0.2) is 0 Å². The standard InChI is InChI=1S/C14H17ClN2O2/c1-8-9-5-4-6-10(15)12(9)19-11(8)13(18)17-7-14(2,3)16/h4-6H,7,16H2,1-3H3,(H,17,18). The SMILES string of the molecule is Cc1c(C(=O)NCC(C)(C)N)oc2c(Cl)cccc12. The Balaban J connectivity index is 2.33. The summed E-state index contributed by atoms with van der Waals surface area (Å²) in [5, 5.41) is 4.11. The van der Waals surface area contributed by atoms with Crippen molar-refractivity contribution in [1.29, 1.82) is 0 Å². The fourth-order valence-electron chi connectivity index (χ4n) is 1.81. The Morgan fingerprint density at radius 2 is 2.16 bits per heavy atom. The van der Waals surface area contributed by atoms with Gasteiger partial charge in [0.2, 0.25) is 0 Å². The molecular formula is C14H17ClN2O2. The van der Waals surface area contributed by atoms with E-state index in [2.05, 4.69) is 5.32 Å². The summed E-state index contributed by atoms with van der Waals surface area (Å²) in [4.78, 5) is 12.1. The van der Waals surface area contributed by atoms with Crippen LogP contribution in [-0.2, 0) is 0 Å². The van der Waals surface area contributed by atoms with Gasteiger partial charge in [0.1, 0.15) is 0 Å². The van der Waals surface area contributed by atoms with Gasteiger partial charge in [0.25, 0.3) is 5.91 Å². The molecule has 1 aromatic carbocycles. The molecule has 1 heterocycles. The van der Waals surface area contributed by atoms with Crippen molar-refractivity contribution in [3.05, 3.63) is 34.5 Å². The Morgan fingerprint density at radius 3 is 2.74 bits per heavy atom. The number of hydrogen-bond acceptors (Lipinski definition) is 3. The number of carbonyl (C=O) groups excluding carboxylic acids is 1. The largest absolute Gasteiger partial charge is 0.449 e. The van der Waals surface area contributed by atoms with Crippen LogP contribution in [0, 0.1) is 6.92 Å². The van der Waals surface area contributed by atoms with Gasteiger partial charge in [0.15, 0.2) is 11.3 Å². The molecule has 0 fully saturated rings. The lowest BCUT2D eigenvalue weighted by atomic mass is 10.1. The van der Waals surface area contributed by atoms with E-state index in [4.69, 9.17) is 21.8 Å². The van der Waals surface area contributed by atoms with Gasteiger partial charge in [0, 0.05) is 23.0 Å².